The van der Waals surface area contributed by atoms with E-state index in [0.717, 1.165) is 22.4 Å². The Morgan fingerprint density at radius 1 is 1.03 bits per heavy atom. The molecule has 1 atom stereocenters. The summed E-state index contributed by atoms with van der Waals surface area (Å²) in [6.45, 7) is 2.66. The van der Waals surface area contributed by atoms with Gasteiger partial charge in [-0.3, -0.25) is 4.90 Å². The summed E-state index contributed by atoms with van der Waals surface area (Å²) in [5.74, 6) is 0.598. The molecule has 1 N–H and O–H groups in total. The summed E-state index contributed by atoms with van der Waals surface area (Å²) >= 11 is 0. The van der Waals surface area contributed by atoms with Gasteiger partial charge in [-0.05, 0) is 24.5 Å². The van der Waals surface area contributed by atoms with Crippen LogP contribution in [0.15, 0.2) is 65.2 Å². The molecule has 1 aliphatic heterocycles. The Labute approximate surface area is 186 Å². The third-order valence-corrected chi connectivity index (χ3v) is 5.29. The van der Waals surface area contributed by atoms with Gasteiger partial charge < -0.3 is 19.3 Å². The van der Waals surface area contributed by atoms with Crippen molar-refractivity contribution in [3.05, 3.63) is 88.8 Å². The molecular weight excluding hydrogens is 410 g/mol. The van der Waals surface area contributed by atoms with Gasteiger partial charge in [-0.15, -0.1) is 0 Å². The van der Waals surface area contributed by atoms with E-state index in [9.17, 15) is 9.59 Å². The largest absolute Gasteiger partial charge is 0.445 e. The summed E-state index contributed by atoms with van der Waals surface area (Å²) in [7, 11) is 0. The summed E-state index contributed by atoms with van der Waals surface area (Å²) in [6, 6.07) is 18.5. The van der Waals surface area contributed by atoms with Crippen LogP contribution in [0, 0.1) is 6.92 Å². The van der Waals surface area contributed by atoms with E-state index in [1.807, 2.05) is 67.6 Å². The van der Waals surface area contributed by atoms with E-state index in [4.69, 9.17) is 14.0 Å². The van der Waals surface area contributed by atoms with E-state index < -0.39 is 12.2 Å². The van der Waals surface area contributed by atoms with Gasteiger partial charge >= 0.3 is 12.2 Å². The molecule has 0 spiro atoms. The summed E-state index contributed by atoms with van der Waals surface area (Å²) < 4.78 is 16.3. The van der Waals surface area contributed by atoms with Gasteiger partial charge in [0.2, 0.25) is 0 Å². The minimum atomic E-state index is -0.547. The van der Waals surface area contributed by atoms with Crippen LogP contribution in [0.5, 0.6) is 0 Å². The van der Waals surface area contributed by atoms with Crippen molar-refractivity contribution >= 4 is 12.2 Å². The predicted octanol–water partition coefficient (Wildman–Crippen LogP) is 3.97. The number of carbonyl (C=O) groups excluding carboxylic acids is 2. The molecule has 2 heterocycles. The first-order chi connectivity index (χ1) is 15.6. The van der Waals surface area contributed by atoms with Crippen LogP contribution in [-0.2, 0) is 35.7 Å². The number of hydrogen-bond donors (Lipinski definition) is 1. The first-order valence-corrected chi connectivity index (χ1v) is 10.5. The number of amides is 2. The smallest absolute Gasteiger partial charge is 0.410 e. The van der Waals surface area contributed by atoms with Crippen molar-refractivity contribution in [2.24, 2.45) is 0 Å². The number of nitrogens with zero attached hydrogens (tertiary/aromatic N) is 2. The number of rotatable bonds is 5. The molecule has 8 nitrogen and oxygen atoms in total. The number of hydrogen-bond acceptors (Lipinski definition) is 6. The molecule has 3 aromatic rings. The monoisotopic (exact) mass is 435 g/mol. The van der Waals surface area contributed by atoms with Crippen LogP contribution < -0.4 is 5.32 Å². The number of fused-ring (bicyclic) bond motifs is 1. The van der Waals surface area contributed by atoms with Crippen molar-refractivity contribution in [3.8, 4) is 0 Å². The second-order valence-electron chi connectivity index (χ2n) is 7.70. The van der Waals surface area contributed by atoms with Gasteiger partial charge in [-0.1, -0.05) is 65.8 Å². The zero-order valence-electron chi connectivity index (χ0n) is 17.8. The lowest BCUT2D eigenvalue weighted by Crippen LogP contribution is -2.45. The summed E-state index contributed by atoms with van der Waals surface area (Å²) in [6.07, 6.45) is -0.553. The molecule has 1 aliphatic rings. The van der Waals surface area contributed by atoms with Crippen molar-refractivity contribution in [2.45, 2.75) is 39.1 Å². The van der Waals surface area contributed by atoms with Gasteiger partial charge in [-0.25, -0.2) is 9.59 Å². The molecule has 0 saturated carbocycles. The van der Waals surface area contributed by atoms with Crippen molar-refractivity contribution < 1.29 is 23.6 Å². The number of aromatic nitrogens is 1. The number of ether oxygens (including phenoxy) is 2. The molecule has 0 aliphatic carbocycles. The fraction of sp³-hybridized carbons (Fsp3) is 0.292. The van der Waals surface area contributed by atoms with Gasteiger partial charge in [0.1, 0.15) is 13.2 Å². The molecule has 4 rings (SSSR count). The maximum Gasteiger partial charge on any atom is 0.410 e. The molecule has 0 fully saturated rings. The molecule has 0 unspecified atom stereocenters. The average molecular weight is 435 g/mol. The van der Waals surface area contributed by atoms with E-state index in [0.29, 0.717) is 12.2 Å². The molecule has 166 valence electrons. The maximum atomic E-state index is 12.8. The second-order valence-corrected chi connectivity index (χ2v) is 7.70. The first-order valence-electron chi connectivity index (χ1n) is 10.5. The van der Waals surface area contributed by atoms with Crippen LogP contribution in [-0.4, -0.2) is 34.8 Å². The molecular formula is C24H25N3O5. The Morgan fingerprint density at radius 2 is 1.66 bits per heavy atom. The Bertz CT molecular complexity index is 1050. The van der Waals surface area contributed by atoms with Gasteiger partial charge in [0.15, 0.2) is 5.76 Å². The van der Waals surface area contributed by atoms with Gasteiger partial charge in [-0.2, -0.15) is 0 Å². The first kappa shape index (κ1) is 21.4. The Morgan fingerprint density at radius 3 is 2.31 bits per heavy atom. The highest BCUT2D eigenvalue weighted by Gasteiger charge is 2.31. The number of benzene rings is 2. The van der Waals surface area contributed by atoms with Crippen LogP contribution in [0.25, 0.3) is 0 Å². The van der Waals surface area contributed by atoms with Gasteiger partial charge in [0, 0.05) is 12.1 Å². The van der Waals surface area contributed by atoms with Crippen molar-refractivity contribution in [1.82, 2.24) is 15.4 Å². The highest BCUT2D eigenvalue weighted by molar-refractivity contribution is 5.69. The van der Waals surface area contributed by atoms with Crippen molar-refractivity contribution in [2.75, 3.05) is 6.54 Å². The van der Waals surface area contributed by atoms with Crippen LogP contribution in [0.3, 0.4) is 0 Å². The van der Waals surface area contributed by atoms with Gasteiger partial charge in [0.05, 0.1) is 18.3 Å². The zero-order valence-corrected chi connectivity index (χ0v) is 17.8. The fourth-order valence-electron chi connectivity index (χ4n) is 3.61. The third-order valence-electron chi connectivity index (χ3n) is 5.29. The van der Waals surface area contributed by atoms with Crippen LogP contribution in [0.2, 0.25) is 0 Å². The van der Waals surface area contributed by atoms with Crippen molar-refractivity contribution in [3.63, 3.8) is 0 Å². The number of alkyl carbamates (subject to hydrolysis) is 1. The minimum absolute atomic E-state index is 0.162. The molecule has 2 amide bonds. The lowest BCUT2D eigenvalue weighted by molar-refractivity contribution is 0.0860. The molecule has 1 aromatic heterocycles. The maximum absolute atomic E-state index is 12.8. The average Bonchev–Trinajstić information content (AvgIpc) is 3.04. The third kappa shape index (κ3) is 5.46. The van der Waals surface area contributed by atoms with E-state index in [1.165, 1.54) is 4.90 Å². The quantitative estimate of drug-likeness (QED) is 0.652. The van der Waals surface area contributed by atoms with Crippen molar-refractivity contribution in [1.29, 1.82) is 0 Å². The van der Waals surface area contributed by atoms with Gasteiger partial charge in [0.25, 0.3) is 0 Å². The summed E-state index contributed by atoms with van der Waals surface area (Å²) in [5, 5.41) is 6.88. The SMILES string of the molecule is Cc1noc2c1C[C@H](NC(=O)OCc1ccccc1)CN(C(=O)OCc1ccccc1)C2. The standard InChI is InChI=1S/C24H25N3O5/c1-17-21-12-20(25-23(28)30-15-18-8-4-2-5-9-18)13-27(14-22(21)32-26-17)24(29)31-16-19-10-6-3-7-11-19/h2-11,20H,12-16H2,1H3,(H,25,28)/t20-/m0/s1. The van der Waals surface area contributed by atoms with E-state index >= 15 is 0 Å². The molecule has 8 heteroatoms. The molecule has 0 bridgehead atoms. The number of carbonyl (C=O) groups is 2. The van der Waals surface area contributed by atoms with E-state index in [2.05, 4.69) is 10.5 Å². The van der Waals surface area contributed by atoms with Crippen LogP contribution in [0.1, 0.15) is 28.1 Å². The normalized spacial score (nSPS) is 15.4. The molecule has 0 radical (unpaired) electrons. The van der Waals surface area contributed by atoms with Crippen LogP contribution >= 0.6 is 0 Å². The lowest BCUT2D eigenvalue weighted by Gasteiger charge is -2.24. The summed E-state index contributed by atoms with van der Waals surface area (Å²) in [5.41, 5.74) is 3.42. The van der Waals surface area contributed by atoms with Crippen LogP contribution in [0.4, 0.5) is 9.59 Å². The molecule has 0 saturated heterocycles. The Hall–Kier alpha value is -3.81. The highest BCUT2D eigenvalue weighted by atomic mass is 16.6. The fourth-order valence-corrected chi connectivity index (χ4v) is 3.61. The second kappa shape index (κ2) is 10.00. The summed E-state index contributed by atoms with van der Waals surface area (Å²) in [4.78, 5) is 26.7. The predicted molar refractivity (Wildman–Crippen MR) is 116 cm³/mol. The Balaban J connectivity index is 1.40. The molecule has 32 heavy (non-hydrogen) atoms. The zero-order chi connectivity index (χ0) is 22.3. The topological polar surface area (TPSA) is 93.9 Å². The number of aryl methyl sites for hydroxylation is 1. The van der Waals surface area contributed by atoms with E-state index in [-0.39, 0.29) is 32.3 Å². The van der Waals surface area contributed by atoms with E-state index in [1.54, 1.807) is 0 Å². The minimum Gasteiger partial charge on any atom is -0.445 e. The highest BCUT2D eigenvalue weighted by Crippen LogP contribution is 2.23. The Kier molecular flexibility index (Phi) is 6.69. The molecule has 2 aromatic carbocycles. The lowest BCUT2D eigenvalue weighted by atomic mass is 10.1. The number of nitrogens with one attached hydrogen (secondary N) is 1.